The Balaban J connectivity index is 1.33. The Kier molecular flexibility index (Phi) is 5.10. The zero-order valence-electron chi connectivity index (χ0n) is 17.9. The molecule has 1 atom stereocenters. The van der Waals surface area contributed by atoms with Crippen LogP contribution in [0.1, 0.15) is 23.3 Å². The molecule has 0 spiro atoms. The number of hydrogen-bond donors (Lipinski definition) is 0. The molecule has 0 aliphatic carbocycles. The third-order valence-corrected chi connectivity index (χ3v) is 9.54. The van der Waals surface area contributed by atoms with Gasteiger partial charge in [-0.05, 0) is 47.7 Å². The van der Waals surface area contributed by atoms with Crippen molar-refractivity contribution < 1.29 is 13.2 Å². The predicted molar refractivity (Wildman–Crippen MR) is 128 cm³/mol. The molecule has 4 heterocycles. The first-order valence-corrected chi connectivity index (χ1v) is 13.4. The number of rotatable bonds is 4. The molecule has 1 saturated heterocycles. The first-order chi connectivity index (χ1) is 16.0. The Morgan fingerprint density at radius 2 is 2.00 bits per heavy atom. The largest absolute Gasteiger partial charge is 0.376 e. The zero-order valence-corrected chi connectivity index (χ0v) is 19.6. The summed E-state index contributed by atoms with van der Waals surface area (Å²) in [5.74, 6) is 0. The van der Waals surface area contributed by atoms with Gasteiger partial charge in [0.25, 0.3) is 5.56 Å². The molecule has 170 valence electrons. The molecule has 2 aromatic heterocycles. The van der Waals surface area contributed by atoms with Gasteiger partial charge in [-0.25, -0.2) is 13.4 Å². The average molecular weight is 482 g/mol. The molecule has 1 unspecified atom stereocenters. The van der Waals surface area contributed by atoms with Crippen LogP contribution in [0, 0.1) is 0 Å². The van der Waals surface area contributed by atoms with Crippen molar-refractivity contribution in [2.75, 3.05) is 13.2 Å². The zero-order chi connectivity index (χ0) is 22.6. The van der Waals surface area contributed by atoms with Crippen molar-refractivity contribution in [3.05, 3.63) is 69.6 Å². The highest BCUT2D eigenvalue weighted by molar-refractivity contribution is 7.89. The first kappa shape index (κ1) is 21.0. The Morgan fingerprint density at radius 3 is 2.82 bits per heavy atom. The number of sulfonamides is 1. The maximum absolute atomic E-state index is 13.4. The molecule has 7 nitrogen and oxygen atoms in total. The minimum absolute atomic E-state index is 0.0546. The summed E-state index contributed by atoms with van der Waals surface area (Å²) in [6.07, 6.45) is 4.12. The van der Waals surface area contributed by atoms with Crippen LogP contribution in [-0.4, -0.2) is 41.5 Å². The number of nitrogens with zero attached hydrogens (tertiary/aromatic N) is 3. The Hall–Kier alpha value is -2.59. The fraction of sp³-hybridized carbons (Fsp3) is 0.333. The molecule has 6 rings (SSSR count). The van der Waals surface area contributed by atoms with E-state index in [4.69, 9.17) is 4.74 Å². The molecule has 1 fully saturated rings. The van der Waals surface area contributed by atoms with Crippen LogP contribution in [0.15, 0.2) is 58.5 Å². The second-order valence-corrected chi connectivity index (χ2v) is 11.6. The standard InChI is InChI=1S/C24H23N3O4S2/c28-24-22-20-9-10-27(33(29,30)19-8-7-16-4-1-2-5-17(16)12-19)14-21(20)32-23(22)25-15-26(24)13-18-6-3-11-31-18/h1-2,4-5,7-8,12,15,18H,3,6,9-11,13-14H2. The third kappa shape index (κ3) is 3.59. The molecular weight excluding hydrogens is 458 g/mol. The lowest BCUT2D eigenvalue weighted by atomic mass is 10.1. The highest BCUT2D eigenvalue weighted by atomic mass is 32.2. The van der Waals surface area contributed by atoms with Crippen molar-refractivity contribution in [2.45, 2.75) is 43.4 Å². The molecular formula is C24H23N3O4S2. The number of thiophene rings is 1. The second kappa shape index (κ2) is 8.02. The highest BCUT2D eigenvalue weighted by Crippen LogP contribution is 2.34. The summed E-state index contributed by atoms with van der Waals surface area (Å²) in [6, 6.07) is 13.0. The molecule has 0 saturated carbocycles. The van der Waals surface area contributed by atoms with Crippen LogP contribution in [0.4, 0.5) is 0 Å². The van der Waals surface area contributed by atoms with E-state index in [1.54, 1.807) is 23.0 Å². The summed E-state index contributed by atoms with van der Waals surface area (Å²) in [5, 5.41) is 2.54. The minimum atomic E-state index is -3.65. The van der Waals surface area contributed by atoms with Gasteiger partial charge in [0.15, 0.2) is 0 Å². The molecule has 0 N–H and O–H groups in total. The van der Waals surface area contributed by atoms with Gasteiger partial charge in [0.1, 0.15) is 4.83 Å². The quantitative estimate of drug-likeness (QED) is 0.445. The van der Waals surface area contributed by atoms with Crippen molar-refractivity contribution >= 4 is 42.3 Å². The van der Waals surface area contributed by atoms with E-state index in [1.807, 2.05) is 30.3 Å². The lowest BCUT2D eigenvalue weighted by Gasteiger charge is -2.26. The third-order valence-electron chi connectivity index (χ3n) is 6.58. The lowest BCUT2D eigenvalue weighted by Crippen LogP contribution is -2.35. The van der Waals surface area contributed by atoms with E-state index in [9.17, 15) is 13.2 Å². The van der Waals surface area contributed by atoms with E-state index in [0.29, 0.717) is 34.6 Å². The molecule has 0 radical (unpaired) electrons. The van der Waals surface area contributed by atoms with Crippen molar-refractivity contribution in [3.63, 3.8) is 0 Å². The van der Waals surface area contributed by atoms with Crippen molar-refractivity contribution in [1.29, 1.82) is 0 Å². The highest BCUT2D eigenvalue weighted by Gasteiger charge is 2.32. The fourth-order valence-electron chi connectivity index (χ4n) is 4.82. The number of aromatic nitrogens is 2. The van der Waals surface area contributed by atoms with Crippen LogP contribution in [0.25, 0.3) is 21.0 Å². The van der Waals surface area contributed by atoms with E-state index < -0.39 is 10.0 Å². The monoisotopic (exact) mass is 481 g/mol. The van der Waals surface area contributed by atoms with Gasteiger partial charge in [0.2, 0.25) is 10.0 Å². The smallest absolute Gasteiger partial charge is 0.262 e. The van der Waals surface area contributed by atoms with Crippen LogP contribution in [0.2, 0.25) is 0 Å². The molecule has 9 heteroatoms. The first-order valence-electron chi connectivity index (χ1n) is 11.1. The molecule has 2 aromatic carbocycles. The summed E-state index contributed by atoms with van der Waals surface area (Å²) in [4.78, 5) is 19.6. The SMILES string of the molecule is O=c1c2c3c(sc2ncn1CC1CCCO1)CN(S(=O)(=O)c1ccc2ccccc2c1)CC3. The average Bonchev–Trinajstić information content (AvgIpc) is 3.48. The van der Waals surface area contributed by atoms with Crippen LogP contribution in [-0.2, 0) is 34.3 Å². The van der Waals surface area contributed by atoms with Crippen molar-refractivity contribution in [2.24, 2.45) is 0 Å². The number of benzene rings is 2. The molecule has 0 bridgehead atoms. The van der Waals surface area contributed by atoms with Gasteiger partial charge in [-0.2, -0.15) is 4.31 Å². The molecule has 4 aromatic rings. The fourth-order valence-corrected chi connectivity index (χ4v) is 7.54. The number of hydrogen-bond acceptors (Lipinski definition) is 6. The van der Waals surface area contributed by atoms with Gasteiger partial charge < -0.3 is 4.74 Å². The summed E-state index contributed by atoms with van der Waals surface area (Å²) in [5.41, 5.74) is 0.887. The van der Waals surface area contributed by atoms with Gasteiger partial charge in [0.05, 0.1) is 29.3 Å². The van der Waals surface area contributed by atoms with E-state index in [1.165, 1.54) is 15.6 Å². The van der Waals surface area contributed by atoms with Crippen LogP contribution < -0.4 is 5.56 Å². The summed E-state index contributed by atoms with van der Waals surface area (Å²) in [6.45, 7) is 1.85. The second-order valence-electron chi connectivity index (χ2n) is 8.62. The topological polar surface area (TPSA) is 81.5 Å². The van der Waals surface area contributed by atoms with Crippen LogP contribution >= 0.6 is 11.3 Å². The van der Waals surface area contributed by atoms with E-state index in [-0.39, 0.29) is 18.2 Å². The lowest BCUT2D eigenvalue weighted by molar-refractivity contribution is 0.0960. The predicted octanol–water partition coefficient (Wildman–Crippen LogP) is 3.54. The van der Waals surface area contributed by atoms with Crippen LogP contribution in [0.3, 0.4) is 0 Å². The summed E-state index contributed by atoms with van der Waals surface area (Å²) >= 11 is 1.42. The van der Waals surface area contributed by atoms with Gasteiger partial charge in [-0.3, -0.25) is 9.36 Å². The molecule has 0 amide bonds. The van der Waals surface area contributed by atoms with Crippen LogP contribution in [0.5, 0.6) is 0 Å². The number of fused-ring (bicyclic) bond motifs is 4. The normalized spacial score (nSPS) is 19.3. The molecule has 2 aliphatic heterocycles. The summed E-state index contributed by atoms with van der Waals surface area (Å²) in [7, 11) is -3.65. The number of ether oxygens (including phenoxy) is 1. The van der Waals surface area contributed by atoms with Crippen molar-refractivity contribution in [1.82, 2.24) is 13.9 Å². The van der Waals surface area contributed by atoms with E-state index >= 15 is 0 Å². The van der Waals surface area contributed by atoms with Gasteiger partial charge >= 0.3 is 0 Å². The molecule has 2 aliphatic rings. The van der Waals surface area contributed by atoms with Crippen molar-refractivity contribution in [3.8, 4) is 0 Å². The van der Waals surface area contributed by atoms with Gasteiger partial charge in [-0.15, -0.1) is 11.3 Å². The maximum Gasteiger partial charge on any atom is 0.262 e. The Morgan fingerprint density at radius 1 is 1.15 bits per heavy atom. The minimum Gasteiger partial charge on any atom is -0.376 e. The van der Waals surface area contributed by atoms with E-state index in [0.717, 1.165) is 40.7 Å². The van der Waals surface area contributed by atoms with E-state index in [2.05, 4.69) is 4.98 Å². The molecule has 33 heavy (non-hydrogen) atoms. The van der Waals surface area contributed by atoms with Gasteiger partial charge in [0, 0.05) is 24.6 Å². The Bertz CT molecular complexity index is 1530. The summed E-state index contributed by atoms with van der Waals surface area (Å²) < 4.78 is 35.6. The Labute approximate surface area is 195 Å². The van der Waals surface area contributed by atoms with Gasteiger partial charge in [-0.1, -0.05) is 30.3 Å². The maximum atomic E-state index is 13.4.